The number of ether oxygens (including phenoxy) is 2. The highest BCUT2D eigenvalue weighted by molar-refractivity contribution is 5.95. The molecule has 2 aliphatic rings. The van der Waals surface area contributed by atoms with E-state index in [1.165, 1.54) is 0 Å². The molecule has 1 aromatic rings. The number of methoxy groups -OCH3 is 2. The van der Waals surface area contributed by atoms with Gasteiger partial charge in [-0.2, -0.15) is 0 Å². The van der Waals surface area contributed by atoms with E-state index < -0.39 is 0 Å². The average molecular weight is 273 g/mol. The van der Waals surface area contributed by atoms with E-state index in [4.69, 9.17) is 9.47 Å². The fraction of sp³-hybridized carbons (Fsp3) is 0.438. The Labute approximate surface area is 119 Å². The van der Waals surface area contributed by atoms with Crippen LogP contribution in [-0.2, 0) is 0 Å². The van der Waals surface area contributed by atoms with Gasteiger partial charge in [0.2, 0.25) is 0 Å². The summed E-state index contributed by atoms with van der Waals surface area (Å²) in [6, 6.07) is 5.97. The normalized spacial score (nSPS) is 23.8. The minimum Gasteiger partial charge on any atom is -0.493 e. The topological polar surface area (TPSA) is 38.8 Å². The van der Waals surface area contributed by atoms with Gasteiger partial charge in [-0.3, -0.25) is 4.79 Å². The Morgan fingerprint density at radius 1 is 1.20 bits per heavy atom. The van der Waals surface area contributed by atoms with Crippen LogP contribution in [0.2, 0.25) is 0 Å². The largest absolute Gasteiger partial charge is 0.493 e. The van der Waals surface area contributed by atoms with Gasteiger partial charge in [-0.25, -0.2) is 0 Å². The summed E-state index contributed by atoms with van der Waals surface area (Å²) in [7, 11) is 3.18. The van der Waals surface area contributed by atoms with Crippen molar-refractivity contribution in [2.24, 2.45) is 0 Å². The zero-order chi connectivity index (χ0) is 14.1. The Morgan fingerprint density at radius 2 is 2.00 bits per heavy atom. The van der Waals surface area contributed by atoms with E-state index in [-0.39, 0.29) is 11.9 Å². The Hall–Kier alpha value is -1.97. The summed E-state index contributed by atoms with van der Waals surface area (Å²) in [5.41, 5.74) is 0.662. The van der Waals surface area contributed by atoms with Gasteiger partial charge in [0.15, 0.2) is 11.5 Å². The van der Waals surface area contributed by atoms with Gasteiger partial charge in [-0.1, -0.05) is 12.2 Å². The maximum Gasteiger partial charge on any atom is 0.254 e. The molecule has 2 bridgehead atoms. The highest BCUT2D eigenvalue weighted by Gasteiger charge is 2.37. The van der Waals surface area contributed by atoms with Crippen LogP contribution in [0.4, 0.5) is 0 Å². The van der Waals surface area contributed by atoms with Crippen LogP contribution < -0.4 is 9.47 Å². The number of carbonyl (C=O) groups excluding carboxylic acids is 1. The first-order valence-electron chi connectivity index (χ1n) is 6.96. The number of benzene rings is 1. The molecule has 1 fully saturated rings. The van der Waals surface area contributed by atoms with Crippen LogP contribution in [0.25, 0.3) is 0 Å². The molecular formula is C16H19NO3. The smallest absolute Gasteiger partial charge is 0.254 e. The summed E-state index contributed by atoms with van der Waals surface area (Å²) in [6.45, 7) is 0. The van der Waals surface area contributed by atoms with Crippen molar-refractivity contribution in [3.05, 3.63) is 35.9 Å². The van der Waals surface area contributed by atoms with Crippen molar-refractivity contribution in [3.8, 4) is 11.5 Å². The monoisotopic (exact) mass is 273 g/mol. The van der Waals surface area contributed by atoms with Gasteiger partial charge < -0.3 is 14.4 Å². The van der Waals surface area contributed by atoms with Crippen LogP contribution in [0.15, 0.2) is 30.4 Å². The Balaban J connectivity index is 1.89. The van der Waals surface area contributed by atoms with Crippen LogP contribution in [0.3, 0.4) is 0 Å². The molecule has 1 amide bonds. The minimum atomic E-state index is 0.0859. The second kappa shape index (κ2) is 5.19. The first kappa shape index (κ1) is 13.0. The molecule has 106 valence electrons. The molecule has 1 aromatic carbocycles. The summed E-state index contributed by atoms with van der Waals surface area (Å²) in [4.78, 5) is 14.7. The van der Waals surface area contributed by atoms with E-state index >= 15 is 0 Å². The van der Waals surface area contributed by atoms with Gasteiger partial charge in [-0.15, -0.1) is 0 Å². The van der Waals surface area contributed by atoms with Crippen LogP contribution >= 0.6 is 0 Å². The lowest BCUT2D eigenvalue weighted by atomic mass is 10.1. The molecule has 4 heteroatoms. The third-order valence-corrected chi connectivity index (χ3v) is 4.18. The van der Waals surface area contributed by atoms with Gasteiger partial charge in [0.05, 0.1) is 20.3 Å². The fourth-order valence-electron chi connectivity index (χ4n) is 3.16. The standard InChI is InChI=1S/C16H19NO3/c1-19-14-9-6-11(10-15(14)20-2)16(18)17-12-4-3-5-13(17)8-7-12/h3-4,6,9-10,12-13H,5,7-8H2,1-2H3. The molecule has 2 heterocycles. The van der Waals surface area contributed by atoms with E-state index in [9.17, 15) is 4.79 Å². The van der Waals surface area contributed by atoms with Crippen LogP contribution in [-0.4, -0.2) is 37.1 Å². The molecule has 0 radical (unpaired) electrons. The van der Waals surface area contributed by atoms with E-state index in [1.54, 1.807) is 32.4 Å². The van der Waals surface area contributed by atoms with Gasteiger partial charge in [-0.05, 0) is 37.5 Å². The zero-order valence-electron chi connectivity index (χ0n) is 11.8. The van der Waals surface area contributed by atoms with Gasteiger partial charge >= 0.3 is 0 Å². The van der Waals surface area contributed by atoms with Crippen molar-refractivity contribution in [2.45, 2.75) is 31.3 Å². The van der Waals surface area contributed by atoms with Gasteiger partial charge in [0.25, 0.3) is 5.91 Å². The summed E-state index contributed by atoms with van der Waals surface area (Å²) in [5, 5.41) is 0. The first-order valence-corrected chi connectivity index (χ1v) is 6.96. The number of nitrogens with zero attached hydrogens (tertiary/aromatic N) is 1. The summed E-state index contributed by atoms with van der Waals surface area (Å²) in [5.74, 6) is 1.33. The molecular weight excluding hydrogens is 254 g/mol. The third-order valence-electron chi connectivity index (χ3n) is 4.18. The Kier molecular flexibility index (Phi) is 3.38. The van der Waals surface area contributed by atoms with E-state index in [2.05, 4.69) is 12.2 Å². The number of rotatable bonds is 3. The molecule has 0 aliphatic carbocycles. The SMILES string of the molecule is COc1ccc(C(=O)N2C3C=CCC2CC3)cc1OC. The van der Waals surface area contributed by atoms with E-state index in [1.807, 2.05) is 4.90 Å². The maximum atomic E-state index is 12.7. The second-order valence-corrected chi connectivity index (χ2v) is 5.24. The lowest BCUT2D eigenvalue weighted by Gasteiger charge is -2.31. The molecule has 2 unspecified atom stereocenters. The highest BCUT2D eigenvalue weighted by atomic mass is 16.5. The number of hydrogen-bond donors (Lipinski definition) is 0. The first-order chi connectivity index (χ1) is 9.74. The van der Waals surface area contributed by atoms with Gasteiger partial charge in [0, 0.05) is 11.6 Å². The number of hydrogen-bond acceptors (Lipinski definition) is 3. The predicted octanol–water partition coefficient (Wildman–Crippen LogP) is 2.64. The van der Waals surface area contributed by atoms with Crippen molar-refractivity contribution >= 4 is 5.91 Å². The molecule has 20 heavy (non-hydrogen) atoms. The van der Waals surface area contributed by atoms with Crippen LogP contribution in [0.5, 0.6) is 11.5 Å². The molecule has 0 N–H and O–H groups in total. The van der Waals surface area contributed by atoms with Gasteiger partial charge in [0.1, 0.15) is 0 Å². The predicted molar refractivity (Wildman–Crippen MR) is 76.3 cm³/mol. The number of amides is 1. The summed E-state index contributed by atoms with van der Waals surface area (Å²) < 4.78 is 10.5. The quantitative estimate of drug-likeness (QED) is 0.795. The number of fused-ring (bicyclic) bond motifs is 2. The Bertz CT molecular complexity index is 553. The molecule has 1 saturated heterocycles. The minimum absolute atomic E-state index is 0.0859. The molecule has 0 spiro atoms. The highest BCUT2D eigenvalue weighted by Crippen LogP contribution is 2.34. The lowest BCUT2D eigenvalue weighted by molar-refractivity contribution is 0.0688. The second-order valence-electron chi connectivity index (χ2n) is 5.24. The van der Waals surface area contributed by atoms with E-state index in [0.717, 1.165) is 19.3 Å². The summed E-state index contributed by atoms with van der Waals surface area (Å²) in [6.07, 6.45) is 7.48. The molecule has 0 saturated carbocycles. The number of carbonyl (C=O) groups is 1. The third kappa shape index (κ3) is 2.05. The van der Waals surface area contributed by atoms with Crippen molar-refractivity contribution in [3.63, 3.8) is 0 Å². The van der Waals surface area contributed by atoms with Crippen LogP contribution in [0.1, 0.15) is 29.6 Å². The maximum absolute atomic E-state index is 12.7. The molecule has 3 rings (SSSR count). The molecule has 2 aliphatic heterocycles. The van der Waals surface area contributed by atoms with E-state index in [0.29, 0.717) is 23.1 Å². The molecule has 4 nitrogen and oxygen atoms in total. The van der Waals surface area contributed by atoms with Crippen molar-refractivity contribution in [1.29, 1.82) is 0 Å². The average Bonchev–Trinajstić information content (AvgIpc) is 2.74. The van der Waals surface area contributed by atoms with Crippen molar-refractivity contribution < 1.29 is 14.3 Å². The zero-order valence-corrected chi connectivity index (χ0v) is 11.8. The molecule has 2 atom stereocenters. The molecule has 0 aromatic heterocycles. The Morgan fingerprint density at radius 3 is 2.70 bits per heavy atom. The van der Waals surface area contributed by atoms with Crippen LogP contribution in [0, 0.1) is 0 Å². The van der Waals surface area contributed by atoms with Crippen molar-refractivity contribution in [2.75, 3.05) is 14.2 Å². The summed E-state index contributed by atoms with van der Waals surface area (Å²) >= 11 is 0. The van der Waals surface area contributed by atoms with Crippen molar-refractivity contribution in [1.82, 2.24) is 4.90 Å². The fourth-order valence-corrected chi connectivity index (χ4v) is 3.16. The lowest BCUT2D eigenvalue weighted by Crippen LogP contribution is -2.42.